The van der Waals surface area contributed by atoms with Crippen LogP contribution in [0.3, 0.4) is 0 Å². The number of carbonyl (C=O) groups is 2. The molecule has 0 unspecified atom stereocenters. The number of carboxylic acids is 1. The minimum absolute atomic E-state index is 0.0626. The maximum Gasteiger partial charge on any atom is 0.390 e. The minimum Gasteiger partial charge on any atom is -0.481 e. The van der Waals surface area contributed by atoms with E-state index < -0.39 is 36.6 Å². The van der Waals surface area contributed by atoms with Gasteiger partial charge in [0.25, 0.3) is 0 Å². The van der Waals surface area contributed by atoms with Gasteiger partial charge in [-0.2, -0.15) is 13.2 Å². The van der Waals surface area contributed by atoms with Gasteiger partial charge in [0.05, 0.1) is 11.8 Å². The molecule has 1 aliphatic rings. The molecular weight excluding hydrogens is 289 g/mol. The Morgan fingerprint density at radius 3 is 2.29 bits per heavy atom. The van der Waals surface area contributed by atoms with Crippen molar-refractivity contribution < 1.29 is 27.9 Å². The third-order valence-corrected chi connectivity index (χ3v) is 3.97. The highest BCUT2D eigenvalue weighted by Crippen LogP contribution is 2.38. The Balaban J connectivity index is 2.40. The molecule has 1 saturated carbocycles. The molecule has 3 N–H and O–H groups in total. The molecule has 21 heavy (non-hydrogen) atoms. The first-order valence-corrected chi connectivity index (χ1v) is 6.96. The van der Waals surface area contributed by atoms with Crippen LogP contribution in [0.25, 0.3) is 0 Å². The van der Waals surface area contributed by atoms with Gasteiger partial charge in [-0.3, -0.25) is 4.79 Å². The highest BCUT2D eigenvalue weighted by molar-refractivity contribution is 5.78. The van der Waals surface area contributed by atoms with Crippen molar-refractivity contribution in [2.75, 3.05) is 13.1 Å². The first kappa shape index (κ1) is 17.6. The molecule has 1 fully saturated rings. The summed E-state index contributed by atoms with van der Waals surface area (Å²) in [7, 11) is 0. The van der Waals surface area contributed by atoms with Gasteiger partial charge in [-0.1, -0.05) is 6.92 Å². The zero-order chi connectivity index (χ0) is 16.1. The molecule has 0 saturated heterocycles. The van der Waals surface area contributed by atoms with Crippen molar-refractivity contribution >= 4 is 12.0 Å². The van der Waals surface area contributed by atoms with Crippen LogP contribution in [0.5, 0.6) is 0 Å². The lowest BCUT2D eigenvalue weighted by molar-refractivity contribution is -0.151. The van der Waals surface area contributed by atoms with Gasteiger partial charge in [-0.25, -0.2) is 4.79 Å². The Kier molecular flexibility index (Phi) is 5.86. The van der Waals surface area contributed by atoms with Crippen LogP contribution in [-0.4, -0.2) is 36.4 Å². The van der Waals surface area contributed by atoms with Gasteiger partial charge in [-0.05, 0) is 31.6 Å². The van der Waals surface area contributed by atoms with Crippen molar-refractivity contribution in [2.24, 2.45) is 11.3 Å². The molecule has 0 aromatic heterocycles. The molecule has 0 aromatic carbocycles. The number of nitrogens with one attached hydrogen (secondary N) is 2. The molecule has 0 spiro atoms. The Labute approximate surface area is 121 Å². The Bertz CT molecular complexity index is 377. The summed E-state index contributed by atoms with van der Waals surface area (Å²) >= 11 is 0. The van der Waals surface area contributed by atoms with Gasteiger partial charge in [0, 0.05) is 13.1 Å². The number of carbonyl (C=O) groups excluding carboxylic acids is 1. The van der Waals surface area contributed by atoms with Gasteiger partial charge in [-0.15, -0.1) is 0 Å². The summed E-state index contributed by atoms with van der Waals surface area (Å²) in [6.45, 7) is 1.46. The predicted molar refractivity (Wildman–Crippen MR) is 69.8 cm³/mol. The first-order chi connectivity index (χ1) is 9.65. The standard InChI is InChI=1S/C13H21F3N2O3/c1-9-2-4-12(5-3-9,10(19)20)8-18-11(21)17-7-6-13(14,15)16/h9H,2-8H2,1H3,(H,19,20)(H2,17,18,21). The van der Waals surface area contributed by atoms with E-state index in [-0.39, 0.29) is 6.54 Å². The van der Waals surface area contributed by atoms with Crippen molar-refractivity contribution in [3.05, 3.63) is 0 Å². The fraction of sp³-hybridized carbons (Fsp3) is 0.846. The molecule has 8 heteroatoms. The van der Waals surface area contributed by atoms with E-state index in [1.165, 1.54) is 0 Å². The SMILES string of the molecule is CC1CCC(CNC(=O)NCCC(F)(F)F)(C(=O)O)CC1. The van der Waals surface area contributed by atoms with Crippen LogP contribution in [0.1, 0.15) is 39.0 Å². The number of alkyl halides is 3. The van der Waals surface area contributed by atoms with Crippen LogP contribution in [-0.2, 0) is 4.79 Å². The van der Waals surface area contributed by atoms with Crippen LogP contribution >= 0.6 is 0 Å². The van der Waals surface area contributed by atoms with Crippen LogP contribution in [0.2, 0.25) is 0 Å². The second-order valence-electron chi connectivity index (χ2n) is 5.74. The largest absolute Gasteiger partial charge is 0.481 e. The van der Waals surface area contributed by atoms with Crippen molar-refractivity contribution in [3.63, 3.8) is 0 Å². The van der Waals surface area contributed by atoms with Crippen LogP contribution in [0, 0.1) is 11.3 Å². The quantitative estimate of drug-likeness (QED) is 0.730. The summed E-state index contributed by atoms with van der Waals surface area (Å²) in [5.74, 6) is -0.511. The van der Waals surface area contributed by atoms with Crippen molar-refractivity contribution in [1.29, 1.82) is 0 Å². The van der Waals surface area contributed by atoms with Crippen molar-refractivity contribution in [3.8, 4) is 0 Å². The maximum atomic E-state index is 11.9. The van der Waals surface area contributed by atoms with E-state index in [1.807, 2.05) is 6.92 Å². The first-order valence-electron chi connectivity index (χ1n) is 6.96. The van der Waals surface area contributed by atoms with Crippen molar-refractivity contribution in [1.82, 2.24) is 10.6 Å². The Morgan fingerprint density at radius 1 is 1.24 bits per heavy atom. The highest BCUT2D eigenvalue weighted by Gasteiger charge is 2.41. The highest BCUT2D eigenvalue weighted by atomic mass is 19.4. The fourth-order valence-corrected chi connectivity index (χ4v) is 2.41. The van der Waals surface area contributed by atoms with E-state index in [0.717, 1.165) is 12.8 Å². The van der Waals surface area contributed by atoms with E-state index in [4.69, 9.17) is 0 Å². The number of halogens is 3. The van der Waals surface area contributed by atoms with Gasteiger partial charge in [0.15, 0.2) is 0 Å². The summed E-state index contributed by atoms with van der Waals surface area (Å²) in [6.07, 6.45) is -2.97. The van der Waals surface area contributed by atoms with Gasteiger partial charge < -0.3 is 15.7 Å². The number of amides is 2. The number of hydrogen-bond donors (Lipinski definition) is 3. The molecule has 0 atom stereocenters. The second kappa shape index (κ2) is 7.00. The molecule has 0 bridgehead atoms. The van der Waals surface area contributed by atoms with E-state index in [9.17, 15) is 27.9 Å². The van der Waals surface area contributed by atoms with Gasteiger partial charge in [0.2, 0.25) is 0 Å². The lowest BCUT2D eigenvalue weighted by Crippen LogP contribution is -2.48. The molecule has 0 radical (unpaired) electrons. The average Bonchev–Trinajstić information content (AvgIpc) is 2.36. The fourth-order valence-electron chi connectivity index (χ4n) is 2.41. The Hall–Kier alpha value is -1.47. The monoisotopic (exact) mass is 310 g/mol. The summed E-state index contributed by atoms with van der Waals surface area (Å²) in [4.78, 5) is 22.8. The summed E-state index contributed by atoms with van der Waals surface area (Å²) in [5.41, 5.74) is -1.01. The summed E-state index contributed by atoms with van der Waals surface area (Å²) in [6, 6.07) is -0.765. The zero-order valence-electron chi connectivity index (χ0n) is 11.9. The topological polar surface area (TPSA) is 78.4 Å². The van der Waals surface area contributed by atoms with Crippen LogP contribution in [0.15, 0.2) is 0 Å². The Morgan fingerprint density at radius 2 is 1.81 bits per heavy atom. The number of urea groups is 1. The predicted octanol–water partition coefficient (Wildman–Crippen LogP) is 2.52. The normalized spacial score (nSPS) is 26.2. The van der Waals surface area contributed by atoms with E-state index in [1.54, 1.807) is 0 Å². The summed E-state index contributed by atoms with van der Waals surface area (Å²) in [5, 5.41) is 13.8. The third kappa shape index (κ3) is 5.81. The molecule has 1 aliphatic carbocycles. The number of aliphatic carboxylic acids is 1. The minimum atomic E-state index is -4.32. The molecular formula is C13H21F3N2O3. The zero-order valence-corrected chi connectivity index (χ0v) is 11.9. The van der Waals surface area contributed by atoms with E-state index in [2.05, 4.69) is 10.6 Å². The average molecular weight is 310 g/mol. The second-order valence-corrected chi connectivity index (χ2v) is 5.74. The smallest absolute Gasteiger partial charge is 0.390 e. The number of hydrogen-bond acceptors (Lipinski definition) is 2. The van der Waals surface area contributed by atoms with Crippen LogP contribution in [0.4, 0.5) is 18.0 Å². The maximum absolute atomic E-state index is 11.9. The van der Waals surface area contributed by atoms with E-state index in [0.29, 0.717) is 18.8 Å². The molecule has 5 nitrogen and oxygen atoms in total. The number of carboxylic acid groups (broad SMARTS) is 1. The molecule has 0 aromatic rings. The van der Waals surface area contributed by atoms with Crippen molar-refractivity contribution in [2.45, 2.75) is 45.2 Å². The third-order valence-electron chi connectivity index (χ3n) is 3.97. The lowest BCUT2D eigenvalue weighted by atomic mass is 9.71. The van der Waals surface area contributed by atoms with E-state index >= 15 is 0 Å². The van der Waals surface area contributed by atoms with Gasteiger partial charge >= 0.3 is 18.2 Å². The molecule has 1 rings (SSSR count). The summed E-state index contributed by atoms with van der Waals surface area (Å²) < 4.78 is 35.8. The van der Waals surface area contributed by atoms with Crippen LogP contribution < -0.4 is 10.6 Å². The molecule has 0 heterocycles. The molecule has 0 aliphatic heterocycles. The molecule has 122 valence electrons. The van der Waals surface area contributed by atoms with Gasteiger partial charge in [0.1, 0.15) is 0 Å². The molecule has 2 amide bonds. The number of rotatable bonds is 5. The lowest BCUT2D eigenvalue weighted by Gasteiger charge is -2.35.